The number of nitrogens with zero attached hydrogens (tertiary/aromatic N) is 2. The highest BCUT2D eigenvalue weighted by atomic mass is 35.5. The summed E-state index contributed by atoms with van der Waals surface area (Å²) in [5.41, 5.74) is 3.70. The molecule has 1 aliphatic carbocycles. The van der Waals surface area contributed by atoms with Crippen molar-refractivity contribution < 1.29 is 23.9 Å². The maximum Gasteiger partial charge on any atom is 0.339 e. The van der Waals surface area contributed by atoms with Gasteiger partial charge in [-0.1, -0.05) is 77.8 Å². The van der Waals surface area contributed by atoms with Crippen LogP contribution in [0, 0.1) is 18.8 Å². The first kappa shape index (κ1) is 26.6. The first-order valence-corrected chi connectivity index (χ1v) is 13.7. The summed E-state index contributed by atoms with van der Waals surface area (Å²) in [6.07, 6.45) is 5.05. The molecule has 41 heavy (non-hydrogen) atoms. The number of rotatable bonds is 6. The van der Waals surface area contributed by atoms with Crippen molar-refractivity contribution >= 4 is 51.8 Å². The van der Waals surface area contributed by atoms with Crippen LogP contribution in [0.1, 0.15) is 39.1 Å². The van der Waals surface area contributed by atoms with Crippen LogP contribution in [0.25, 0.3) is 22.2 Å². The number of Topliss-reactive ketones (excluding diaryl/α,β-unsaturated/α-hetero) is 1. The Kier molecular flexibility index (Phi) is 6.97. The zero-order chi connectivity index (χ0) is 28.7. The Morgan fingerprint density at radius 3 is 2.24 bits per heavy atom. The molecule has 0 bridgehead atoms. The highest BCUT2D eigenvalue weighted by Gasteiger charge is 2.47. The van der Waals surface area contributed by atoms with Crippen LogP contribution in [0.4, 0.5) is 5.69 Å². The molecule has 0 radical (unpaired) electrons. The summed E-state index contributed by atoms with van der Waals surface area (Å²) in [6.45, 7) is 1.51. The summed E-state index contributed by atoms with van der Waals surface area (Å²) in [4.78, 5) is 57.8. The van der Waals surface area contributed by atoms with Crippen LogP contribution in [0.2, 0.25) is 5.02 Å². The third-order valence-electron chi connectivity index (χ3n) is 7.65. The zero-order valence-electron chi connectivity index (χ0n) is 22.2. The molecule has 2 atom stereocenters. The van der Waals surface area contributed by atoms with E-state index in [1.54, 1.807) is 60.7 Å². The fourth-order valence-electron chi connectivity index (χ4n) is 5.40. The second-order valence-electron chi connectivity index (χ2n) is 10.3. The van der Waals surface area contributed by atoms with Gasteiger partial charge in [0.25, 0.3) is 0 Å². The minimum atomic E-state index is -0.678. The second-order valence-corrected chi connectivity index (χ2v) is 10.7. The molecule has 0 saturated carbocycles. The van der Waals surface area contributed by atoms with Crippen LogP contribution >= 0.6 is 11.6 Å². The fraction of sp³-hybridized carbons (Fsp3) is 0.182. The number of ether oxygens (including phenoxy) is 1. The summed E-state index contributed by atoms with van der Waals surface area (Å²) in [5, 5.41) is 0.852. The van der Waals surface area contributed by atoms with Gasteiger partial charge in [0.05, 0.1) is 39.3 Å². The van der Waals surface area contributed by atoms with Gasteiger partial charge in [-0.2, -0.15) is 0 Å². The first-order valence-electron chi connectivity index (χ1n) is 13.3. The molecule has 4 aromatic rings. The number of pyridine rings is 1. The molecule has 7 nitrogen and oxygen atoms in total. The number of ketones is 1. The lowest BCUT2D eigenvalue weighted by Crippen LogP contribution is -2.30. The van der Waals surface area contributed by atoms with E-state index in [0.717, 1.165) is 5.56 Å². The fourth-order valence-corrected chi connectivity index (χ4v) is 5.61. The summed E-state index contributed by atoms with van der Waals surface area (Å²) >= 11 is 6.46. The Bertz CT molecular complexity index is 1720. The normalized spacial score (nSPS) is 18.0. The third kappa shape index (κ3) is 4.93. The van der Waals surface area contributed by atoms with E-state index >= 15 is 0 Å². The highest BCUT2D eigenvalue weighted by Crippen LogP contribution is 2.38. The van der Waals surface area contributed by atoms with Crippen LogP contribution in [-0.2, 0) is 14.3 Å². The SMILES string of the molecule is Cc1ccc(C(=O)COC(=O)c2cc(-c3ccc(N4C(=O)C5CC=CCC5C4=O)cc3)nc3c(Cl)cccc23)cc1. The van der Waals surface area contributed by atoms with Gasteiger partial charge in [0.15, 0.2) is 12.4 Å². The highest BCUT2D eigenvalue weighted by molar-refractivity contribution is 6.35. The van der Waals surface area contributed by atoms with E-state index in [1.165, 1.54) is 4.90 Å². The van der Waals surface area contributed by atoms with Crippen LogP contribution in [0.3, 0.4) is 0 Å². The lowest BCUT2D eigenvalue weighted by Gasteiger charge is -2.16. The number of halogens is 1. The van der Waals surface area contributed by atoms with Gasteiger partial charge in [0.1, 0.15) is 0 Å². The molecule has 204 valence electrons. The van der Waals surface area contributed by atoms with E-state index in [4.69, 9.17) is 21.3 Å². The number of carbonyl (C=O) groups excluding carboxylic acids is 4. The van der Waals surface area contributed by atoms with E-state index in [0.29, 0.717) is 51.3 Å². The van der Waals surface area contributed by atoms with Crippen molar-refractivity contribution in [3.05, 3.63) is 107 Å². The number of esters is 1. The average molecular weight is 565 g/mol. The Morgan fingerprint density at radius 2 is 1.59 bits per heavy atom. The van der Waals surface area contributed by atoms with Gasteiger partial charge in [0, 0.05) is 16.5 Å². The molecule has 2 amide bonds. The molecule has 1 fully saturated rings. The van der Waals surface area contributed by atoms with Crippen LogP contribution in [-0.4, -0.2) is 35.2 Å². The number of anilines is 1. The van der Waals surface area contributed by atoms with Gasteiger partial charge in [-0.05, 0) is 44.0 Å². The predicted molar refractivity (Wildman–Crippen MR) is 156 cm³/mol. The topological polar surface area (TPSA) is 93.6 Å². The average Bonchev–Trinajstić information content (AvgIpc) is 3.25. The third-order valence-corrected chi connectivity index (χ3v) is 7.95. The number of aromatic nitrogens is 1. The van der Waals surface area contributed by atoms with Crippen molar-refractivity contribution in [1.29, 1.82) is 0 Å². The molecule has 3 aromatic carbocycles. The second kappa shape index (κ2) is 10.7. The largest absolute Gasteiger partial charge is 0.454 e. The van der Waals surface area contributed by atoms with E-state index < -0.39 is 12.6 Å². The molecule has 8 heteroatoms. The van der Waals surface area contributed by atoms with Crippen molar-refractivity contribution in [2.24, 2.45) is 11.8 Å². The van der Waals surface area contributed by atoms with Gasteiger partial charge >= 0.3 is 5.97 Å². The van der Waals surface area contributed by atoms with Gasteiger partial charge in [-0.3, -0.25) is 19.3 Å². The van der Waals surface area contributed by atoms with Gasteiger partial charge in [-0.25, -0.2) is 9.78 Å². The predicted octanol–water partition coefficient (Wildman–Crippen LogP) is 6.36. The monoisotopic (exact) mass is 564 g/mol. The van der Waals surface area contributed by atoms with Crippen molar-refractivity contribution in [2.45, 2.75) is 19.8 Å². The maximum atomic E-state index is 13.2. The number of hydrogen-bond donors (Lipinski definition) is 0. The number of hydrogen-bond acceptors (Lipinski definition) is 6. The Balaban J connectivity index is 1.29. The minimum absolute atomic E-state index is 0.182. The van der Waals surface area contributed by atoms with Crippen LogP contribution in [0.15, 0.2) is 84.9 Å². The van der Waals surface area contributed by atoms with E-state index in [9.17, 15) is 19.2 Å². The number of allylic oxidation sites excluding steroid dienone is 2. The number of benzene rings is 3. The molecule has 0 N–H and O–H groups in total. The van der Waals surface area contributed by atoms with E-state index in [2.05, 4.69) is 0 Å². The van der Waals surface area contributed by atoms with Gasteiger partial charge < -0.3 is 4.74 Å². The van der Waals surface area contributed by atoms with Crippen LogP contribution in [0.5, 0.6) is 0 Å². The molecular formula is C33H25ClN2O5. The maximum absolute atomic E-state index is 13.2. The first-order chi connectivity index (χ1) is 19.8. The Hall–Kier alpha value is -4.62. The lowest BCUT2D eigenvalue weighted by atomic mass is 9.85. The Labute approximate surface area is 241 Å². The number of para-hydroxylation sites is 1. The molecule has 6 rings (SSSR count). The molecule has 0 spiro atoms. The minimum Gasteiger partial charge on any atom is -0.454 e. The summed E-state index contributed by atoms with van der Waals surface area (Å²) in [5.74, 6) is -1.99. The summed E-state index contributed by atoms with van der Waals surface area (Å²) < 4.78 is 5.42. The Morgan fingerprint density at radius 1 is 0.927 bits per heavy atom. The zero-order valence-corrected chi connectivity index (χ0v) is 22.9. The standard InChI is InChI=1S/C33H25ClN2O5/c1-19-9-11-21(12-10-19)29(37)18-41-33(40)26-17-28(35-30-23(26)7-4-8-27(30)34)20-13-15-22(16-14-20)36-31(38)24-5-2-3-6-25(24)32(36)39/h2-4,7-17,24-25H,5-6,18H2,1H3. The molecule has 2 heterocycles. The molecule has 1 aromatic heterocycles. The molecule has 2 unspecified atom stereocenters. The van der Waals surface area contributed by atoms with E-state index in [-0.39, 0.29) is 35.0 Å². The smallest absolute Gasteiger partial charge is 0.339 e. The number of fused-ring (bicyclic) bond motifs is 2. The molecule has 2 aliphatic rings. The van der Waals surface area contributed by atoms with Crippen molar-refractivity contribution in [2.75, 3.05) is 11.5 Å². The number of aryl methyl sites for hydroxylation is 1. The summed E-state index contributed by atoms with van der Waals surface area (Å²) in [7, 11) is 0. The number of amides is 2. The van der Waals surface area contributed by atoms with Gasteiger partial charge in [-0.15, -0.1) is 0 Å². The molecule has 1 aliphatic heterocycles. The van der Waals surface area contributed by atoms with Gasteiger partial charge in [0.2, 0.25) is 11.8 Å². The van der Waals surface area contributed by atoms with Crippen molar-refractivity contribution in [1.82, 2.24) is 4.98 Å². The lowest BCUT2D eigenvalue weighted by molar-refractivity contribution is -0.122. The summed E-state index contributed by atoms with van der Waals surface area (Å²) in [6, 6.07) is 20.6. The van der Waals surface area contributed by atoms with Crippen LogP contribution < -0.4 is 4.90 Å². The molecule has 1 saturated heterocycles. The molecular weight excluding hydrogens is 540 g/mol. The van der Waals surface area contributed by atoms with Crippen molar-refractivity contribution in [3.63, 3.8) is 0 Å². The number of carbonyl (C=O) groups is 4. The van der Waals surface area contributed by atoms with E-state index in [1.807, 2.05) is 31.2 Å². The quantitative estimate of drug-likeness (QED) is 0.117. The number of imide groups is 1. The van der Waals surface area contributed by atoms with Crippen molar-refractivity contribution in [3.8, 4) is 11.3 Å².